The minimum atomic E-state index is -0.342. The van der Waals surface area contributed by atoms with Gasteiger partial charge in [-0.3, -0.25) is 10.1 Å². The smallest absolute Gasteiger partial charge is 0.410 e. The molecule has 1 amide bonds. The third kappa shape index (κ3) is 4.79. The molecule has 0 bridgehead atoms. The maximum atomic E-state index is 11.6. The van der Waals surface area contributed by atoms with Crippen molar-refractivity contribution in [1.29, 1.82) is 0 Å². The van der Waals surface area contributed by atoms with Crippen LogP contribution in [0.15, 0.2) is 48.9 Å². The number of aromatic nitrogens is 5. The van der Waals surface area contributed by atoms with Gasteiger partial charge in [-0.15, -0.1) is 5.10 Å². The molecule has 34 heavy (non-hydrogen) atoms. The van der Waals surface area contributed by atoms with Crippen molar-refractivity contribution in [2.45, 2.75) is 6.61 Å². The Bertz CT molecular complexity index is 1300. The molecule has 1 fully saturated rings. The number of hydrogen-bond acceptors (Lipinski definition) is 9. The lowest BCUT2D eigenvalue weighted by molar-refractivity contribution is 0.152. The first-order valence-corrected chi connectivity index (χ1v) is 10.9. The van der Waals surface area contributed by atoms with E-state index >= 15 is 0 Å². The van der Waals surface area contributed by atoms with Gasteiger partial charge in [-0.25, -0.2) is 14.8 Å². The van der Waals surface area contributed by atoms with Crippen LogP contribution in [0, 0.1) is 0 Å². The van der Waals surface area contributed by atoms with Crippen molar-refractivity contribution in [3.05, 3.63) is 59.6 Å². The molecule has 1 aliphatic heterocycles. The molecule has 2 N–H and O–H groups in total. The van der Waals surface area contributed by atoms with Gasteiger partial charge in [-0.2, -0.15) is 0 Å². The van der Waals surface area contributed by atoms with Crippen LogP contribution in [0.2, 0.25) is 5.02 Å². The van der Waals surface area contributed by atoms with Crippen LogP contribution in [0.25, 0.3) is 11.0 Å². The number of pyridine rings is 1. The molecule has 0 atom stereocenters. The van der Waals surface area contributed by atoms with Gasteiger partial charge in [0.15, 0.2) is 5.65 Å². The fourth-order valence-corrected chi connectivity index (χ4v) is 3.62. The number of benzene rings is 1. The average Bonchev–Trinajstić information content (AvgIpc) is 3.46. The summed E-state index contributed by atoms with van der Waals surface area (Å²) in [6.45, 7) is 1.88. The third-order valence-electron chi connectivity index (χ3n) is 5.07. The Labute approximate surface area is 199 Å². The quantitative estimate of drug-likeness (QED) is 0.368. The summed E-state index contributed by atoms with van der Waals surface area (Å²) >= 11 is 6.43. The van der Waals surface area contributed by atoms with Gasteiger partial charge >= 0.3 is 6.09 Å². The van der Waals surface area contributed by atoms with Crippen LogP contribution < -0.4 is 14.8 Å². The number of anilines is 2. The summed E-state index contributed by atoms with van der Waals surface area (Å²) in [7, 11) is 0. The fourth-order valence-electron chi connectivity index (χ4n) is 3.38. The summed E-state index contributed by atoms with van der Waals surface area (Å²) < 4.78 is 16.5. The molecule has 3 aromatic heterocycles. The number of nitrogens with zero attached hydrogens (tertiary/aromatic N) is 5. The highest BCUT2D eigenvalue weighted by Gasteiger charge is 2.22. The van der Waals surface area contributed by atoms with Gasteiger partial charge in [0.25, 0.3) is 0 Å². The second kappa shape index (κ2) is 9.79. The molecule has 1 aromatic carbocycles. The first-order valence-electron chi connectivity index (χ1n) is 10.5. The Morgan fingerprint density at radius 2 is 2.12 bits per heavy atom. The molecule has 0 radical (unpaired) electrons. The lowest BCUT2D eigenvalue weighted by atomic mass is 10.3. The van der Waals surface area contributed by atoms with Gasteiger partial charge in [0.1, 0.15) is 43.1 Å². The minimum Gasteiger partial charge on any atom is -0.486 e. The number of cyclic esters (lactones) is 1. The molecule has 1 aliphatic rings. The highest BCUT2D eigenvalue weighted by Crippen LogP contribution is 2.33. The number of halogens is 1. The van der Waals surface area contributed by atoms with Gasteiger partial charge in [0, 0.05) is 11.9 Å². The number of hydrogen-bond donors (Lipinski definition) is 2. The maximum absolute atomic E-state index is 11.6. The van der Waals surface area contributed by atoms with Gasteiger partial charge in [0.05, 0.1) is 23.8 Å². The van der Waals surface area contributed by atoms with Crippen molar-refractivity contribution >= 4 is 40.2 Å². The Morgan fingerprint density at radius 3 is 2.91 bits per heavy atom. The number of carbonyl (C=O) groups excluding carboxylic acids is 1. The predicted molar refractivity (Wildman–Crippen MR) is 123 cm³/mol. The first-order chi connectivity index (χ1) is 16.7. The van der Waals surface area contributed by atoms with Crippen LogP contribution in [0.4, 0.5) is 16.3 Å². The van der Waals surface area contributed by atoms with Crippen LogP contribution in [-0.4, -0.2) is 62.4 Å². The fraction of sp³-hybridized carbons (Fsp3) is 0.227. The molecular weight excluding hydrogens is 462 g/mol. The number of ether oxygens (including phenoxy) is 3. The maximum Gasteiger partial charge on any atom is 0.410 e. The van der Waals surface area contributed by atoms with Crippen LogP contribution >= 0.6 is 11.6 Å². The molecule has 4 heterocycles. The lowest BCUT2D eigenvalue weighted by Crippen LogP contribution is -2.29. The van der Waals surface area contributed by atoms with E-state index in [0.717, 1.165) is 5.69 Å². The SMILES string of the molecule is O=C1OCCN1CCOc1n[nH]c2ncnc(Nc3ccc(OCc4ccccn4)c(Cl)c3)c12. The zero-order chi connectivity index (χ0) is 23.3. The topological polar surface area (TPSA) is 127 Å². The van der Waals surface area contributed by atoms with Crippen molar-refractivity contribution in [2.24, 2.45) is 0 Å². The summed E-state index contributed by atoms with van der Waals surface area (Å²) in [4.78, 5) is 25.9. The highest BCUT2D eigenvalue weighted by atomic mass is 35.5. The molecular formula is C22H20ClN7O4. The minimum absolute atomic E-state index is 0.248. The monoisotopic (exact) mass is 481 g/mol. The molecule has 11 nitrogen and oxygen atoms in total. The van der Waals surface area contributed by atoms with Crippen LogP contribution in [0.3, 0.4) is 0 Å². The number of amides is 1. The molecule has 0 aliphatic carbocycles. The Balaban J connectivity index is 1.28. The summed E-state index contributed by atoms with van der Waals surface area (Å²) in [5.41, 5.74) is 2.01. The van der Waals surface area contributed by atoms with Crippen molar-refractivity contribution in [3.8, 4) is 11.6 Å². The molecule has 4 aromatic rings. The predicted octanol–water partition coefficient (Wildman–Crippen LogP) is 3.55. The van der Waals surface area contributed by atoms with Crippen molar-refractivity contribution in [2.75, 3.05) is 31.6 Å². The average molecular weight is 482 g/mol. The highest BCUT2D eigenvalue weighted by molar-refractivity contribution is 6.32. The Kier molecular flexibility index (Phi) is 6.25. The van der Waals surface area contributed by atoms with E-state index in [-0.39, 0.29) is 12.7 Å². The molecule has 0 unspecified atom stereocenters. The number of nitrogens with one attached hydrogen (secondary N) is 2. The lowest BCUT2D eigenvalue weighted by Gasteiger charge is -2.13. The molecule has 0 saturated carbocycles. The number of H-pyrrole nitrogens is 1. The van der Waals surface area contributed by atoms with Crippen molar-refractivity contribution in [1.82, 2.24) is 30.0 Å². The normalized spacial score (nSPS) is 13.2. The Morgan fingerprint density at radius 1 is 1.18 bits per heavy atom. The molecule has 0 spiro atoms. The molecule has 5 rings (SSSR count). The van der Waals surface area contributed by atoms with Crippen molar-refractivity contribution < 1.29 is 19.0 Å². The number of aromatic amines is 1. The molecule has 174 valence electrons. The van der Waals surface area contributed by atoms with Crippen molar-refractivity contribution in [3.63, 3.8) is 0 Å². The van der Waals surface area contributed by atoms with E-state index in [1.807, 2.05) is 24.3 Å². The summed E-state index contributed by atoms with van der Waals surface area (Å²) in [6, 6.07) is 11.0. The van der Waals surface area contributed by atoms with Crippen LogP contribution in [0.1, 0.15) is 5.69 Å². The van der Waals surface area contributed by atoms with Gasteiger partial charge in [-0.05, 0) is 30.3 Å². The largest absolute Gasteiger partial charge is 0.486 e. The second-order valence-corrected chi connectivity index (χ2v) is 7.71. The second-order valence-electron chi connectivity index (χ2n) is 7.30. The number of rotatable bonds is 9. The zero-order valence-corrected chi connectivity index (χ0v) is 18.7. The van der Waals surface area contributed by atoms with Gasteiger partial charge in [0.2, 0.25) is 5.88 Å². The van der Waals surface area contributed by atoms with Gasteiger partial charge in [-0.1, -0.05) is 17.7 Å². The number of carbonyl (C=O) groups is 1. The van der Waals surface area contributed by atoms with E-state index in [1.54, 1.807) is 23.2 Å². The zero-order valence-electron chi connectivity index (χ0n) is 17.9. The van der Waals surface area contributed by atoms with E-state index in [2.05, 4.69) is 30.5 Å². The summed E-state index contributed by atoms with van der Waals surface area (Å²) in [5, 5.41) is 11.3. The third-order valence-corrected chi connectivity index (χ3v) is 5.36. The van der Waals surface area contributed by atoms with E-state index < -0.39 is 0 Å². The van der Waals surface area contributed by atoms with E-state index in [1.165, 1.54) is 6.33 Å². The molecule has 12 heteroatoms. The molecule has 1 saturated heterocycles. The Hall–Kier alpha value is -4.12. The van der Waals surface area contributed by atoms with E-state index in [9.17, 15) is 4.79 Å². The van der Waals surface area contributed by atoms with E-state index in [4.69, 9.17) is 25.8 Å². The first kappa shape index (κ1) is 21.7. The summed E-state index contributed by atoms with van der Waals surface area (Å²) in [5.74, 6) is 1.36. The van der Waals surface area contributed by atoms with Gasteiger partial charge < -0.3 is 24.4 Å². The van der Waals surface area contributed by atoms with Crippen LogP contribution in [0.5, 0.6) is 11.6 Å². The number of fused-ring (bicyclic) bond motifs is 1. The summed E-state index contributed by atoms with van der Waals surface area (Å²) in [6.07, 6.45) is 2.79. The van der Waals surface area contributed by atoms with E-state index in [0.29, 0.717) is 65.5 Å². The van der Waals surface area contributed by atoms with Crippen LogP contribution in [-0.2, 0) is 11.3 Å². The standard InChI is InChI=1S/C22H20ClN7O4/c23-16-11-14(4-5-17(16)34-12-15-3-1-2-6-24-15)27-19-18-20(26-13-25-19)28-29-21(18)32-9-7-30-8-10-33-22(30)31/h1-6,11,13H,7-10,12H2,(H2,25,26,27,28,29).